The molecule has 202 valence electrons. The standard InChI is InChI=1S/C28H29F3N2O5/c1-3-38-26(35)21-5-4-6-24(21)33-16-23(32)22(25(34)27(36)37-2)15-17-7-9-18(10-8-17)19-11-13-20(14-12-19)28(29,30)31/h7-14,33H,3-6,15-16,32H2,1-2H3. The summed E-state index contributed by atoms with van der Waals surface area (Å²) in [6, 6.07) is 11.6. The maximum atomic E-state index is 12.8. The number of alkyl halides is 3. The first-order valence-corrected chi connectivity index (χ1v) is 12.0. The maximum Gasteiger partial charge on any atom is 0.416 e. The van der Waals surface area contributed by atoms with Crippen LogP contribution in [0.4, 0.5) is 13.2 Å². The Balaban J connectivity index is 1.80. The molecule has 0 saturated carbocycles. The molecule has 1 aliphatic rings. The monoisotopic (exact) mass is 530 g/mol. The lowest BCUT2D eigenvalue weighted by Gasteiger charge is -2.14. The molecule has 0 radical (unpaired) electrons. The van der Waals surface area contributed by atoms with Crippen molar-refractivity contribution in [2.75, 3.05) is 20.3 Å². The average molecular weight is 531 g/mol. The number of hydrogen-bond donors (Lipinski definition) is 2. The van der Waals surface area contributed by atoms with E-state index in [4.69, 9.17) is 10.5 Å². The highest BCUT2D eigenvalue weighted by molar-refractivity contribution is 6.40. The van der Waals surface area contributed by atoms with Crippen LogP contribution < -0.4 is 11.1 Å². The van der Waals surface area contributed by atoms with Gasteiger partial charge in [0.2, 0.25) is 0 Å². The first kappa shape index (κ1) is 28.5. The number of ether oxygens (including phenoxy) is 2. The number of allylic oxidation sites excluding steroid dienone is 1. The van der Waals surface area contributed by atoms with Crippen molar-refractivity contribution < 1.29 is 37.0 Å². The van der Waals surface area contributed by atoms with Crippen molar-refractivity contribution in [3.05, 3.63) is 82.2 Å². The Morgan fingerprint density at radius 2 is 1.58 bits per heavy atom. The Morgan fingerprint density at radius 3 is 2.13 bits per heavy atom. The van der Waals surface area contributed by atoms with E-state index in [1.54, 1.807) is 31.2 Å². The lowest BCUT2D eigenvalue weighted by atomic mass is 9.96. The predicted octanol–water partition coefficient (Wildman–Crippen LogP) is 4.46. The minimum atomic E-state index is -4.42. The normalized spacial score (nSPS) is 14.1. The van der Waals surface area contributed by atoms with E-state index in [-0.39, 0.29) is 30.8 Å². The van der Waals surface area contributed by atoms with Gasteiger partial charge in [-0.1, -0.05) is 36.4 Å². The molecule has 0 saturated heterocycles. The molecule has 0 aliphatic heterocycles. The zero-order chi connectivity index (χ0) is 27.9. The van der Waals surface area contributed by atoms with E-state index in [9.17, 15) is 27.6 Å². The molecular weight excluding hydrogens is 501 g/mol. The van der Waals surface area contributed by atoms with E-state index in [1.807, 2.05) is 0 Å². The van der Waals surface area contributed by atoms with Crippen LogP contribution in [0, 0.1) is 0 Å². The molecule has 0 atom stereocenters. The number of nitrogens with one attached hydrogen (secondary N) is 1. The van der Waals surface area contributed by atoms with Crippen molar-refractivity contribution in [3.8, 4) is 11.1 Å². The number of hydrogen-bond acceptors (Lipinski definition) is 7. The molecule has 0 bridgehead atoms. The van der Waals surface area contributed by atoms with Gasteiger partial charge in [0, 0.05) is 23.4 Å². The molecule has 2 aromatic rings. The van der Waals surface area contributed by atoms with E-state index in [0.717, 1.165) is 25.7 Å². The third-order valence-corrected chi connectivity index (χ3v) is 6.14. The van der Waals surface area contributed by atoms with Crippen LogP contribution in [0.1, 0.15) is 37.3 Å². The molecule has 0 aromatic heterocycles. The smallest absolute Gasteiger partial charge is 0.416 e. The highest BCUT2D eigenvalue weighted by atomic mass is 19.4. The molecule has 2 aromatic carbocycles. The Bertz CT molecular complexity index is 1250. The van der Waals surface area contributed by atoms with Crippen LogP contribution >= 0.6 is 0 Å². The van der Waals surface area contributed by atoms with Gasteiger partial charge in [0.05, 0.1) is 31.4 Å². The van der Waals surface area contributed by atoms with Gasteiger partial charge in [-0.3, -0.25) is 4.79 Å². The summed E-state index contributed by atoms with van der Waals surface area (Å²) in [5.41, 5.74) is 8.84. The number of carbonyl (C=O) groups excluding carboxylic acids is 3. The average Bonchev–Trinajstić information content (AvgIpc) is 3.38. The molecule has 7 nitrogen and oxygen atoms in total. The van der Waals surface area contributed by atoms with Crippen LogP contribution in [-0.4, -0.2) is 38.0 Å². The highest BCUT2D eigenvalue weighted by Crippen LogP contribution is 2.31. The fraction of sp³-hybridized carbons (Fsp3) is 0.321. The number of esters is 2. The van der Waals surface area contributed by atoms with Gasteiger partial charge in [0.25, 0.3) is 5.78 Å². The summed E-state index contributed by atoms with van der Waals surface area (Å²) < 4.78 is 48.2. The number of nitrogens with two attached hydrogens (primary N) is 1. The Morgan fingerprint density at radius 1 is 0.974 bits per heavy atom. The minimum Gasteiger partial charge on any atom is -0.463 e. The lowest BCUT2D eigenvalue weighted by molar-refractivity contribution is -0.149. The van der Waals surface area contributed by atoms with Gasteiger partial charge in [0.15, 0.2) is 0 Å². The SMILES string of the molecule is CCOC(=O)C1=C(NCC(N)=C(Cc2ccc(-c3ccc(C(F)(F)F)cc3)cc2)C(=O)C(=O)OC)CCC1. The van der Waals surface area contributed by atoms with E-state index in [2.05, 4.69) is 10.1 Å². The van der Waals surface area contributed by atoms with Gasteiger partial charge >= 0.3 is 18.1 Å². The molecule has 0 heterocycles. The molecule has 0 unspecified atom stereocenters. The summed E-state index contributed by atoms with van der Waals surface area (Å²) in [6.45, 7) is 2.01. The van der Waals surface area contributed by atoms with Crippen LogP contribution in [0.15, 0.2) is 71.1 Å². The van der Waals surface area contributed by atoms with Crippen LogP contribution in [0.2, 0.25) is 0 Å². The van der Waals surface area contributed by atoms with Crippen LogP contribution in [0.25, 0.3) is 11.1 Å². The Hall–Kier alpha value is -4.08. The summed E-state index contributed by atoms with van der Waals surface area (Å²) in [7, 11) is 1.10. The first-order chi connectivity index (χ1) is 18.0. The third-order valence-electron chi connectivity index (χ3n) is 6.14. The number of rotatable bonds is 10. The number of halogens is 3. The minimum absolute atomic E-state index is 0.0263. The number of Topliss-reactive ketones (excluding diaryl/α,β-unsaturated/α-hetero) is 1. The van der Waals surface area contributed by atoms with Gasteiger partial charge in [-0.2, -0.15) is 13.2 Å². The number of carbonyl (C=O) groups is 3. The molecule has 0 spiro atoms. The predicted molar refractivity (Wildman–Crippen MR) is 134 cm³/mol. The molecule has 3 rings (SSSR count). The summed E-state index contributed by atoms with van der Waals surface area (Å²) in [5, 5.41) is 3.11. The number of benzene rings is 2. The van der Waals surface area contributed by atoms with Crippen LogP contribution in [0.5, 0.6) is 0 Å². The van der Waals surface area contributed by atoms with Crippen molar-refractivity contribution in [1.82, 2.24) is 5.32 Å². The Kier molecular flexibility index (Phi) is 9.33. The third kappa shape index (κ3) is 7.02. The second kappa shape index (κ2) is 12.4. The van der Waals surface area contributed by atoms with Crippen LogP contribution in [0.3, 0.4) is 0 Å². The van der Waals surface area contributed by atoms with Crippen molar-refractivity contribution in [2.24, 2.45) is 5.73 Å². The molecule has 10 heteroatoms. The van der Waals surface area contributed by atoms with Crippen molar-refractivity contribution >= 4 is 17.7 Å². The summed E-state index contributed by atoms with van der Waals surface area (Å²) in [4.78, 5) is 37.0. The van der Waals surface area contributed by atoms with E-state index in [1.165, 1.54) is 12.1 Å². The van der Waals surface area contributed by atoms with Gasteiger partial charge < -0.3 is 20.5 Å². The van der Waals surface area contributed by atoms with E-state index >= 15 is 0 Å². The zero-order valence-corrected chi connectivity index (χ0v) is 21.1. The van der Waals surface area contributed by atoms with Crippen LogP contribution in [-0.2, 0) is 36.5 Å². The summed E-state index contributed by atoms with van der Waals surface area (Å²) in [6.07, 6.45) is -2.41. The second-order valence-electron chi connectivity index (χ2n) is 8.66. The summed E-state index contributed by atoms with van der Waals surface area (Å²) >= 11 is 0. The van der Waals surface area contributed by atoms with Crippen molar-refractivity contribution in [3.63, 3.8) is 0 Å². The molecule has 0 amide bonds. The maximum absolute atomic E-state index is 12.8. The zero-order valence-electron chi connectivity index (χ0n) is 21.1. The second-order valence-corrected chi connectivity index (χ2v) is 8.66. The number of ketones is 1. The fourth-order valence-corrected chi connectivity index (χ4v) is 4.12. The molecule has 38 heavy (non-hydrogen) atoms. The molecule has 1 aliphatic carbocycles. The summed E-state index contributed by atoms with van der Waals surface area (Å²) in [5.74, 6) is -2.34. The fourth-order valence-electron chi connectivity index (χ4n) is 4.12. The van der Waals surface area contributed by atoms with Crippen molar-refractivity contribution in [1.29, 1.82) is 0 Å². The largest absolute Gasteiger partial charge is 0.463 e. The Labute approximate surface area is 218 Å². The van der Waals surface area contributed by atoms with Gasteiger partial charge in [-0.25, -0.2) is 9.59 Å². The van der Waals surface area contributed by atoms with Gasteiger partial charge in [-0.05, 0) is 55.0 Å². The topological polar surface area (TPSA) is 108 Å². The molecule has 0 fully saturated rings. The van der Waals surface area contributed by atoms with Gasteiger partial charge in [0.1, 0.15) is 0 Å². The van der Waals surface area contributed by atoms with Crippen molar-refractivity contribution in [2.45, 2.75) is 38.8 Å². The highest BCUT2D eigenvalue weighted by Gasteiger charge is 2.30. The molecular formula is C28H29F3N2O5. The van der Waals surface area contributed by atoms with E-state index in [0.29, 0.717) is 40.8 Å². The first-order valence-electron chi connectivity index (χ1n) is 12.0. The van der Waals surface area contributed by atoms with Gasteiger partial charge in [-0.15, -0.1) is 0 Å². The molecule has 3 N–H and O–H groups in total. The number of methoxy groups -OCH3 is 1. The van der Waals surface area contributed by atoms with E-state index < -0.39 is 29.5 Å². The lowest BCUT2D eigenvalue weighted by Crippen LogP contribution is -2.28. The quantitative estimate of drug-likeness (QED) is 0.265.